The first-order chi connectivity index (χ1) is 9.93. The van der Waals surface area contributed by atoms with Crippen molar-refractivity contribution in [3.8, 4) is 5.75 Å². The van der Waals surface area contributed by atoms with Crippen molar-refractivity contribution < 1.29 is 5.11 Å². The van der Waals surface area contributed by atoms with Gasteiger partial charge in [0.2, 0.25) is 5.16 Å². The fourth-order valence-corrected chi connectivity index (χ4v) is 3.10. The van der Waals surface area contributed by atoms with Gasteiger partial charge in [-0.05, 0) is 62.7 Å². The van der Waals surface area contributed by atoms with Crippen LogP contribution in [0, 0.1) is 6.92 Å². The molecule has 9 heteroatoms. The number of rotatable bonds is 3. The van der Waals surface area contributed by atoms with Gasteiger partial charge in [0, 0.05) is 0 Å². The summed E-state index contributed by atoms with van der Waals surface area (Å²) in [6.07, 6.45) is 3.30. The molecule has 0 aliphatic carbocycles. The number of phenols is 1. The van der Waals surface area contributed by atoms with Crippen LogP contribution in [0.2, 0.25) is 0 Å². The smallest absolute Gasteiger partial charge is 0.296 e. The van der Waals surface area contributed by atoms with Gasteiger partial charge in [-0.3, -0.25) is 4.79 Å². The Hall–Kier alpha value is -1.19. The maximum atomic E-state index is 12.0. The number of phenolic OH excluding ortho intramolecular Hbond substituents is 1. The molecule has 2 aromatic rings. The quantitative estimate of drug-likeness (QED) is 0.594. The molecule has 0 amide bonds. The van der Waals surface area contributed by atoms with Crippen LogP contribution in [0.25, 0.3) is 0 Å². The minimum Gasteiger partial charge on any atom is -0.506 e. The maximum absolute atomic E-state index is 12.0. The maximum Gasteiger partial charge on any atom is 0.296 e. The number of benzene rings is 1. The van der Waals surface area contributed by atoms with Crippen molar-refractivity contribution in [2.75, 3.05) is 6.26 Å². The summed E-state index contributed by atoms with van der Waals surface area (Å²) in [5.41, 5.74) is 0.667. The second kappa shape index (κ2) is 6.71. The second-order valence-electron chi connectivity index (χ2n) is 3.97. The zero-order valence-electron chi connectivity index (χ0n) is 11.0. The lowest BCUT2D eigenvalue weighted by molar-refractivity contribution is 0.468. The minimum atomic E-state index is -0.317. The van der Waals surface area contributed by atoms with E-state index in [4.69, 9.17) is 0 Å². The Morgan fingerprint density at radius 3 is 2.52 bits per heavy atom. The lowest BCUT2D eigenvalue weighted by atomic mass is 10.2. The Bertz CT molecular complexity index is 753. The number of thioether (sulfide) groups is 1. The van der Waals surface area contributed by atoms with E-state index in [1.54, 1.807) is 25.3 Å². The molecule has 2 rings (SSSR count). The van der Waals surface area contributed by atoms with Gasteiger partial charge in [-0.1, -0.05) is 11.8 Å². The highest BCUT2D eigenvalue weighted by Gasteiger charge is 2.08. The number of halogens is 2. The van der Waals surface area contributed by atoms with E-state index in [2.05, 4.69) is 47.2 Å². The molecule has 0 aliphatic heterocycles. The first kappa shape index (κ1) is 16.2. The van der Waals surface area contributed by atoms with Gasteiger partial charge in [0.15, 0.2) is 0 Å². The van der Waals surface area contributed by atoms with Crippen molar-refractivity contribution in [1.82, 2.24) is 14.9 Å². The van der Waals surface area contributed by atoms with Crippen LogP contribution >= 0.6 is 43.6 Å². The van der Waals surface area contributed by atoms with Crippen molar-refractivity contribution in [2.45, 2.75) is 12.1 Å². The minimum absolute atomic E-state index is 0.107. The molecule has 0 spiro atoms. The lowest BCUT2D eigenvalue weighted by Crippen LogP contribution is -2.23. The van der Waals surface area contributed by atoms with E-state index in [0.29, 0.717) is 19.7 Å². The van der Waals surface area contributed by atoms with Gasteiger partial charge in [0.05, 0.1) is 15.2 Å². The zero-order chi connectivity index (χ0) is 15.6. The van der Waals surface area contributed by atoms with Crippen LogP contribution < -0.4 is 5.56 Å². The molecule has 1 aromatic carbocycles. The Morgan fingerprint density at radius 1 is 1.33 bits per heavy atom. The van der Waals surface area contributed by atoms with Crippen molar-refractivity contribution in [3.63, 3.8) is 0 Å². The van der Waals surface area contributed by atoms with Gasteiger partial charge in [-0.15, -0.1) is 10.2 Å². The first-order valence-electron chi connectivity index (χ1n) is 5.66. The summed E-state index contributed by atoms with van der Waals surface area (Å²) < 4.78 is 2.25. The van der Waals surface area contributed by atoms with Crippen LogP contribution in [0.3, 0.4) is 0 Å². The third-order valence-corrected chi connectivity index (χ3v) is 4.34. The SMILES string of the molecule is CSc1nnc(C)c(=O)n1/N=C\c1cc(Br)c(O)c(Br)c1. The number of aromatic nitrogens is 3. The van der Waals surface area contributed by atoms with Crippen LogP contribution in [0.1, 0.15) is 11.3 Å². The summed E-state index contributed by atoms with van der Waals surface area (Å²) in [6, 6.07) is 3.38. The predicted molar refractivity (Wildman–Crippen MR) is 89.3 cm³/mol. The van der Waals surface area contributed by atoms with Gasteiger partial charge in [-0.2, -0.15) is 9.78 Å². The summed E-state index contributed by atoms with van der Waals surface area (Å²) in [6.45, 7) is 1.58. The highest BCUT2D eigenvalue weighted by molar-refractivity contribution is 9.11. The molecule has 0 atom stereocenters. The lowest BCUT2D eigenvalue weighted by Gasteiger charge is -2.05. The van der Waals surface area contributed by atoms with E-state index >= 15 is 0 Å². The number of aromatic hydroxyl groups is 1. The highest BCUT2D eigenvalue weighted by atomic mass is 79.9. The monoisotopic (exact) mass is 432 g/mol. The average Bonchev–Trinajstić information content (AvgIpc) is 2.46. The Morgan fingerprint density at radius 2 is 1.95 bits per heavy atom. The summed E-state index contributed by atoms with van der Waals surface area (Å²) in [7, 11) is 0. The van der Waals surface area contributed by atoms with Gasteiger partial charge in [-0.25, -0.2) is 0 Å². The Balaban J connectivity index is 2.47. The summed E-state index contributed by atoms with van der Waals surface area (Å²) >= 11 is 7.76. The molecular weight excluding hydrogens is 424 g/mol. The normalized spacial score (nSPS) is 11.2. The molecule has 0 radical (unpaired) electrons. The third-order valence-electron chi connectivity index (χ3n) is 2.51. The van der Waals surface area contributed by atoms with Crippen LogP contribution in [-0.2, 0) is 0 Å². The van der Waals surface area contributed by atoms with E-state index in [1.807, 2.05) is 0 Å². The number of hydrogen-bond donors (Lipinski definition) is 1. The predicted octanol–water partition coefficient (Wildman–Crippen LogP) is 2.78. The molecule has 0 unspecified atom stereocenters. The van der Waals surface area contributed by atoms with Crippen LogP contribution in [-0.4, -0.2) is 32.5 Å². The number of aryl methyl sites for hydroxylation is 1. The summed E-state index contributed by atoms with van der Waals surface area (Å²) in [5.74, 6) is 0.107. The van der Waals surface area contributed by atoms with E-state index in [-0.39, 0.29) is 17.0 Å². The first-order valence-corrected chi connectivity index (χ1v) is 8.47. The molecule has 110 valence electrons. The second-order valence-corrected chi connectivity index (χ2v) is 6.45. The molecule has 0 saturated heterocycles. The van der Waals surface area contributed by atoms with Crippen LogP contribution in [0.15, 0.2) is 36.1 Å². The molecule has 1 heterocycles. The van der Waals surface area contributed by atoms with Crippen molar-refractivity contribution in [3.05, 3.63) is 42.7 Å². The van der Waals surface area contributed by atoms with E-state index < -0.39 is 0 Å². The fourth-order valence-electron chi connectivity index (χ4n) is 1.46. The van der Waals surface area contributed by atoms with Crippen LogP contribution in [0.5, 0.6) is 5.75 Å². The molecule has 0 saturated carbocycles. The van der Waals surface area contributed by atoms with Gasteiger partial charge < -0.3 is 5.11 Å². The molecular formula is C12H10Br2N4O2S. The largest absolute Gasteiger partial charge is 0.506 e. The highest BCUT2D eigenvalue weighted by Crippen LogP contribution is 2.32. The van der Waals surface area contributed by atoms with Crippen molar-refractivity contribution in [2.24, 2.45) is 5.10 Å². The standard InChI is InChI=1S/C12H10Br2N4O2S/c1-6-11(20)18(12(21-2)17-16-6)15-5-7-3-8(13)10(19)9(14)4-7/h3-5,19H,1-2H3/b15-5-. The molecule has 0 aliphatic rings. The zero-order valence-corrected chi connectivity index (χ0v) is 15.0. The third kappa shape index (κ3) is 3.53. The topological polar surface area (TPSA) is 80.4 Å². The van der Waals surface area contributed by atoms with Gasteiger partial charge >= 0.3 is 0 Å². The van der Waals surface area contributed by atoms with E-state index in [9.17, 15) is 9.90 Å². The van der Waals surface area contributed by atoms with Crippen molar-refractivity contribution >= 4 is 49.8 Å². The van der Waals surface area contributed by atoms with Gasteiger partial charge in [0.1, 0.15) is 11.4 Å². The molecule has 6 nitrogen and oxygen atoms in total. The molecule has 0 fully saturated rings. The molecule has 0 bridgehead atoms. The molecule has 1 aromatic heterocycles. The Kier molecular flexibility index (Phi) is 5.17. The average molecular weight is 434 g/mol. The molecule has 21 heavy (non-hydrogen) atoms. The van der Waals surface area contributed by atoms with E-state index in [1.165, 1.54) is 22.7 Å². The summed E-state index contributed by atoms with van der Waals surface area (Å²) in [5, 5.41) is 21.9. The van der Waals surface area contributed by atoms with Crippen LogP contribution in [0.4, 0.5) is 0 Å². The summed E-state index contributed by atoms with van der Waals surface area (Å²) in [4.78, 5) is 12.0. The Labute approximate surface area is 141 Å². The van der Waals surface area contributed by atoms with Crippen molar-refractivity contribution in [1.29, 1.82) is 0 Å². The van der Waals surface area contributed by atoms with Gasteiger partial charge in [0.25, 0.3) is 5.56 Å². The molecule has 1 N–H and O–H groups in total. The van der Waals surface area contributed by atoms with E-state index in [0.717, 1.165) is 0 Å². The number of hydrogen-bond acceptors (Lipinski definition) is 6. The number of nitrogens with zero attached hydrogens (tertiary/aromatic N) is 4. The fraction of sp³-hybridized carbons (Fsp3) is 0.167.